The first-order valence-electron chi connectivity index (χ1n) is 8.18. The third-order valence-electron chi connectivity index (χ3n) is 3.57. The normalized spacial score (nSPS) is 16.5. The number of anilines is 1. The fourth-order valence-corrected chi connectivity index (χ4v) is 2.58. The van der Waals surface area contributed by atoms with E-state index in [1.165, 1.54) is 0 Å². The molecule has 0 aliphatic carbocycles. The summed E-state index contributed by atoms with van der Waals surface area (Å²) < 4.78 is 10.8. The molecule has 24 heavy (non-hydrogen) atoms. The molecule has 1 aliphatic heterocycles. The third-order valence-corrected chi connectivity index (χ3v) is 3.57. The number of benzene rings is 1. The molecule has 1 heterocycles. The van der Waals surface area contributed by atoms with Crippen LogP contribution in [0.2, 0.25) is 0 Å². The van der Waals surface area contributed by atoms with Crippen LogP contribution in [0.3, 0.4) is 0 Å². The van der Waals surface area contributed by atoms with Gasteiger partial charge in [0.2, 0.25) is 0 Å². The molecule has 2 atom stereocenters. The zero-order chi connectivity index (χ0) is 17.9. The van der Waals surface area contributed by atoms with Crippen molar-refractivity contribution in [2.45, 2.75) is 58.7 Å². The van der Waals surface area contributed by atoms with Crippen LogP contribution in [0.4, 0.5) is 5.69 Å². The lowest BCUT2D eigenvalue weighted by Crippen LogP contribution is -2.34. The standard InChI is InChI=1S/C18H26N2O4/c1-11(8-17(22)24-18(3,4)5)19-12(2)13-6-7-14-15(9-13)23-10-16(21)20-14/h6-7,9,11-12,19H,8,10H2,1-5H3,(H,20,21). The van der Waals surface area contributed by atoms with E-state index in [0.717, 1.165) is 5.56 Å². The monoisotopic (exact) mass is 334 g/mol. The van der Waals surface area contributed by atoms with Crippen molar-refractivity contribution in [1.82, 2.24) is 5.32 Å². The van der Waals surface area contributed by atoms with Crippen LogP contribution >= 0.6 is 0 Å². The Kier molecular flexibility index (Phi) is 5.49. The van der Waals surface area contributed by atoms with Gasteiger partial charge in [-0.15, -0.1) is 0 Å². The largest absolute Gasteiger partial charge is 0.482 e. The second-order valence-corrected chi connectivity index (χ2v) is 7.17. The van der Waals surface area contributed by atoms with Crippen molar-refractivity contribution < 1.29 is 19.1 Å². The fraction of sp³-hybridized carbons (Fsp3) is 0.556. The highest BCUT2D eigenvalue weighted by molar-refractivity contribution is 5.95. The maximum absolute atomic E-state index is 11.9. The molecule has 1 aromatic rings. The molecule has 0 aromatic heterocycles. The van der Waals surface area contributed by atoms with Crippen LogP contribution < -0.4 is 15.4 Å². The number of esters is 1. The minimum atomic E-state index is -0.470. The molecule has 0 bridgehead atoms. The quantitative estimate of drug-likeness (QED) is 0.810. The van der Waals surface area contributed by atoms with Crippen molar-refractivity contribution in [3.05, 3.63) is 23.8 Å². The first-order valence-corrected chi connectivity index (χ1v) is 8.18. The molecule has 132 valence electrons. The van der Waals surface area contributed by atoms with Gasteiger partial charge in [-0.1, -0.05) is 6.07 Å². The first kappa shape index (κ1) is 18.3. The molecule has 2 unspecified atom stereocenters. The Labute approximate surface area is 142 Å². The van der Waals surface area contributed by atoms with Crippen molar-refractivity contribution in [3.8, 4) is 5.75 Å². The summed E-state index contributed by atoms with van der Waals surface area (Å²) in [4.78, 5) is 23.2. The number of ether oxygens (including phenoxy) is 2. The van der Waals surface area contributed by atoms with Crippen molar-refractivity contribution in [3.63, 3.8) is 0 Å². The van der Waals surface area contributed by atoms with E-state index in [1.54, 1.807) is 0 Å². The van der Waals surface area contributed by atoms with Crippen LogP contribution in [0, 0.1) is 0 Å². The van der Waals surface area contributed by atoms with E-state index in [1.807, 2.05) is 52.8 Å². The summed E-state index contributed by atoms with van der Waals surface area (Å²) in [7, 11) is 0. The van der Waals surface area contributed by atoms with Gasteiger partial charge in [0.15, 0.2) is 6.61 Å². The molecule has 0 saturated heterocycles. The summed E-state index contributed by atoms with van der Waals surface area (Å²) in [5.41, 5.74) is 1.24. The number of carbonyl (C=O) groups is 2. The summed E-state index contributed by atoms with van der Waals surface area (Å²) in [6, 6.07) is 5.69. The highest BCUT2D eigenvalue weighted by atomic mass is 16.6. The van der Waals surface area contributed by atoms with Crippen molar-refractivity contribution in [2.75, 3.05) is 11.9 Å². The summed E-state index contributed by atoms with van der Waals surface area (Å²) in [6.45, 7) is 9.59. The van der Waals surface area contributed by atoms with Crippen molar-refractivity contribution >= 4 is 17.6 Å². The number of hydrogen-bond acceptors (Lipinski definition) is 5. The Balaban J connectivity index is 1.93. The van der Waals surface area contributed by atoms with Gasteiger partial charge in [0, 0.05) is 12.1 Å². The van der Waals surface area contributed by atoms with E-state index in [9.17, 15) is 9.59 Å². The molecule has 0 radical (unpaired) electrons. The van der Waals surface area contributed by atoms with Gasteiger partial charge < -0.3 is 20.1 Å². The average molecular weight is 334 g/mol. The lowest BCUT2D eigenvalue weighted by Gasteiger charge is -2.24. The van der Waals surface area contributed by atoms with E-state index >= 15 is 0 Å². The molecule has 1 aliphatic rings. The maximum Gasteiger partial charge on any atom is 0.307 e. The second-order valence-electron chi connectivity index (χ2n) is 7.17. The number of nitrogens with one attached hydrogen (secondary N) is 2. The Morgan fingerprint density at radius 3 is 2.75 bits per heavy atom. The number of amides is 1. The number of carbonyl (C=O) groups excluding carboxylic acids is 2. The molecule has 2 N–H and O–H groups in total. The Hall–Kier alpha value is -2.08. The van der Waals surface area contributed by atoms with Gasteiger partial charge in [-0.05, 0) is 52.3 Å². The average Bonchev–Trinajstić information content (AvgIpc) is 2.44. The van der Waals surface area contributed by atoms with Gasteiger partial charge >= 0.3 is 5.97 Å². The number of rotatable bonds is 5. The van der Waals surface area contributed by atoms with Crippen LogP contribution in [0.5, 0.6) is 5.75 Å². The molecule has 0 saturated carbocycles. The van der Waals surface area contributed by atoms with Gasteiger partial charge in [-0.25, -0.2) is 0 Å². The van der Waals surface area contributed by atoms with Crippen LogP contribution in [-0.2, 0) is 14.3 Å². The predicted molar refractivity (Wildman–Crippen MR) is 92.0 cm³/mol. The lowest BCUT2D eigenvalue weighted by atomic mass is 10.1. The fourth-order valence-electron chi connectivity index (χ4n) is 2.58. The van der Waals surface area contributed by atoms with E-state index < -0.39 is 5.60 Å². The first-order chi connectivity index (χ1) is 11.1. The molecular formula is C18H26N2O4. The smallest absolute Gasteiger partial charge is 0.307 e. The molecule has 0 fully saturated rings. The van der Waals surface area contributed by atoms with Gasteiger partial charge in [0.25, 0.3) is 5.91 Å². The molecule has 6 heteroatoms. The third kappa shape index (κ3) is 5.23. The summed E-state index contributed by atoms with van der Waals surface area (Å²) in [5, 5.41) is 6.15. The van der Waals surface area contributed by atoms with E-state index in [-0.39, 0.29) is 30.6 Å². The van der Waals surface area contributed by atoms with Crippen LogP contribution in [0.25, 0.3) is 0 Å². The minimum Gasteiger partial charge on any atom is -0.482 e. The molecular weight excluding hydrogens is 308 g/mol. The molecule has 6 nitrogen and oxygen atoms in total. The Morgan fingerprint density at radius 2 is 2.08 bits per heavy atom. The topological polar surface area (TPSA) is 76.7 Å². The summed E-state index contributed by atoms with van der Waals surface area (Å²) in [5.74, 6) is 0.305. The minimum absolute atomic E-state index is 0.0218. The maximum atomic E-state index is 11.9. The van der Waals surface area contributed by atoms with Crippen LogP contribution in [0.15, 0.2) is 18.2 Å². The van der Waals surface area contributed by atoms with E-state index in [4.69, 9.17) is 9.47 Å². The summed E-state index contributed by atoms with van der Waals surface area (Å²) >= 11 is 0. The molecule has 2 rings (SSSR count). The highest BCUT2D eigenvalue weighted by Gasteiger charge is 2.21. The van der Waals surface area contributed by atoms with E-state index in [0.29, 0.717) is 17.9 Å². The Bertz CT molecular complexity index is 622. The van der Waals surface area contributed by atoms with Crippen molar-refractivity contribution in [1.29, 1.82) is 0 Å². The number of hydrogen-bond donors (Lipinski definition) is 2. The van der Waals surface area contributed by atoms with Gasteiger partial charge in [-0.3, -0.25) is 9.59 Å². The number of fused-ring (bicyclic) bond motifs is 1. The van der Waals surface area contributed by atoms with Crippen LogP contribution in [0.1, 0.15) is 52.6 Å². The molecule has 0 spiro atoms. The van der Waals surface area contributed by atoms with Gasteiger partial charge in [0.05, 0.1) is 12.1 Å². The second kappa shape index (κ2) is 7.21. The molecule has 1 aromatic carbocycles. The Morgan fingerprint density at radius 1 is 1.38 bits per heavy atom. The zero-order valence-corrected chi connectivity index (χ0v) is 14.9. The summed E-state index contributed by atoms with van der Waals surface area (Å²) in [6.07, 6.45) is 0.305. The van der Waals surface area contributed by atoms with Gasteiger partial charge in [-0.2, -0.15) is 0 Å². The highest BCUT2D eigenvalue weighted by Crippen LogP contribution is 2.30. The van der Waals surface area contributed by atoms with Crippen molar-refractivity contribution in [2.24, 2.45) is 0 Å². The molecule has 1 amide bonds. The van der Waals surface area contributed by atoms with Crippen LogP contribution in [-0.4, -0.2) is 30.1 Å². The van der Waals surface area contributed by atoms with E-state index in [2.05, 4.69) is 10.6 Å². The predicted octanol–water partition coefficient (Wildman–Crippen LogP) is 2.79. The SMILES string of the molecule is CC(CC(=O)OC(C)(C)C)NC(C)c1ccc2c(c1)OCC(=O)N2. The lowest BCUT2D eigenvalue weighted by molar-refractivity contribution is -0.155. The van der Waals surface area contributed by atoms with Gasteiger partial charge in [0.1, 0.15) is 11.4 Å². The zero-order valence-electron chi connectivity index (χ0n) is 14.9.